The number of rotatable bonds is 9. The van der Waals surface area contributed by atoms with E-state index in [1.54, 1.807) is 30.3 Å². The van der Waals surface area contributed by atoms with Crippen molar-refractivity contribution in [2.75, 3.05) is 23.8 Å². The first-order valence-electron chi connectivity index (χ1n) is 12.6. The van der Waals surface area contributed by atoms with Crippen LogP contribution in [0.1, 0.15) is 69.4 Å². The van der Waals surface area contributed by atoms with E-state index in [9.17, 15) is 14.4 Å². The van der Waals surface area contributed by atoms with Crippen LogP contribution in [0.25, 0.3) is 11.6 Å². The molecular formula is C29H29N3O5. The monoisotopic (exact) mass is 499 g/mol. The van der Waals surface area contributed by atoms with E-state index in [4.69, 9.17) is 9.78 Å². The summed E-state index contributed by atoms with van der Waals surface area (Å²) in [4.78, 5) is 51.9. The van der Waals surface area contributed by atoms with Crippen molar-refractivity contribution in [2.24, 2.45) is 0 Å². The SMILES string of the molecule is CCOOCCCc1c(/C=C2\C(=O)Nc3ccc(NC(=O)c4ccccc4)cc32)[nH]c2c1C(=O)CCC2. The number of benzene rings is 2. The lowest BCUT2D eigenvalue weighted by atomic mass is 9.91. The molecule has 2 amide bonds. The van der Waals surface area contributed by atoms with Gasteiger partial charge >= 0.3 is 0 Å². The molecule has 2 heterocycles. The maximum Gasteiger partial charge on any atom is 0.256 e. The molecule has 37 heavy (non-hydrogen) atoms. The van der Waals surface area contributed by atoms with Gasteiger partial charge in [0.25, 0.3) is 11.8 Å². The van der Waals surface area contributed by atoms with Crippen LogP contribution in [0.5, 0.6) is 0 Å². The number of fused-ring (bicyclic) bond motifs is 2. The van der Waals surface area contributed by atoms with Crippen LogP contribution in [0.15, 0.2) is 48.5 Å². The van der Waals surface area contributed by atoms with Crippen molar-refractivity contribution in [2.45, 2.75) is 39.0 Å². The first kappa shape index (κ1) is 24.7. The Balaban J connectivity index is 1.45. The molecule has 0 spiro atoms. The highest BCUT2D eigenvalue weighted by Gasteiger charge is 2.28. The number of hydrogen-bond donors (Lipinski definition) is 3. The van der Waals surface area contributed by atoms with Gasteiger partial charge in [-0.25, -0.2) is 9.78 Å². The van der Waals surface area contributed by atoms with Crippen molar-refractivity contribution in [1.29, 1.82) is 0 Å². The van der Waals surface area contributed by atoms with E-state index in [-0.39, 0.29) is 17.6 Å². The van der Waals surface area contributed by atoms with Gasteiger partial charge in [-0.3, -0.25) is 14.4 Å². The summed E-state index contributed by atoms with van der Waals surface area (Å²) in [7, 11) is 0. The molecule has 1 aliphatic carbocycles. The number of aromatic nitrogens is 1. The van der Waals surface area contributed by atoms with Crippen LogP contribution >= 0.6 is 0 Å². The first-order chi connectivity index (χ1) is 18.0. The molecule has 0 atom stereocenters. The number of Topliss-reactive ketones (excluding diaryl/α,β-unsaturated/α-hetero) is 1. The molecule has 0 bridgehead atoms. The predicted octanol–water partition coefficient (Wildman–Crippen LogP) is 5.18. The zero-order valence-corrected chi connectivity index (χ0v) is 20.7. The molecule has 0 saturated carbocycles. The lowest BCUT2D eigenvalue weighted by Gasteiger charge is -2.12. The maximum atomic E-state index is 13.0. The minimum absolute atomic E-state index is 0.130. The zero-order valence-electron chi connectivity index (χ0n) is 20.7. The van der Waals surface area contributed by atoms with E-state index in [0.717, 1.165) is 35.4 Å². The summed E-state index contributed by atoms with van der Waals surface area (Å²) < 4.78 is 0. The number of carbonyl (C=O) groups is 3. The fraction of sp³-hybridized carbons (Fsp3) is 0.276. The van der Waals surface area contributed by atoms with E-state index in [1.807, 2.05) is 31.2 Å². The summed E-state index contributed by atoms with van der Waals surface area (Å²) in [5.41, 5.74) is 6.31. The summed E-state index contributed by atoms with van der Waals surface area (Å²) in [5, 5.41) is 5.80. The molecular weight excluding hydrogens is 470 g/mol. The molecule has 190 valence electrons. The van der Waals surface area contributed by atoms with Crippen molar-refractivity contribution in [3.05, 3.63) is 82.2 Å². The van der Waals surface area contributed by atoms with Crippen LogP contribution in [-0.4, -0.2) is 35.8 Å². The number of aromatic amines is 1. The number of aryl methyl sites for hydroxylation is 1. The molecule has 0 fully saturated rings. The van der Waals surface area contributed by atoms with Crippen molar-refractivity contribution in [3.63, 3.8) is 0 Å². The van der Waals surface area contributed by atoms with Crippen molar-refractivity contribution in [3.8, 4) is 0 Å². The van der Waals surface area contributed by atoms with Crippen molar-refractivity contribution in [1.82, 2.24) is 4.98 Å². The number of H-pyrrole nitrogens is 1. The number of carbonyl (C=O) groups excluding carboxylic acids is 3. The first-order valence-corrected chi connectivity index (χ1v) is 12.6. The second-order valence-corrected chi connectivity index (χ2v) is 9.07. The second kappa shape index (κ2) is 10.9. The molecule has 5 rings (SSSR count). The highest BCUT2D eigenvalue weighted by molar-refractivity contribution is 6.35. The third-order valence-electron chi connectivity index (χ3n) is 6.56. The van der Waals surface area contributed by atoms with Crippen LogP contribution in [0.2, 0.25) is 0 Å². The average Bonchev–Trinajstić information content (AvgIpc) is 3.42. The van der Waals surface area contributed by atoms with Crippen LogP contribution in [-0.2, 0) is 27.4 Å². The normalized spacial score (nSPS) is 15.4. The van der Waals surface area contributed by atoms with Gasteiger partial charge in [-0.05, 0) is 74.6 Å². The largest absolute Gasteiger partial charge is 0.358 e. The summed E-state index contributed by atoms with van der Waals surface area (Å²) in [5.74, 6) is -0.327. The highest BCUT2D eigenvalue weighted by Crippen LogP contribution is 2.37. The number of amides is 2. The van der Waals surface area contributed by atoms with Gasteiger partial charge in [-0.1, -0.05) is 18.2 Å². The third kappa shape index (κ3) is 5.26. The minimum atomic E-state index is -0.230. The topological polar surface area (TPSA) is 110 Å². The number of nitrogens with one attached hydrogen (secondary N) is 3. The molecule has 0 unspecified atom stereocenters. The summed E-state index contributed by atoms with van der Waals surface area (Å²) in [6.07, 6.45) is 5.23. The molecule has 0 saturated heterocycles. The molecule has 0 radical (unpaired) electrons. The van der Waals surface area contributed by atoms with Gasteiger partial charge in [0.2, 0.25) is 0 Å². The predicted molar refractivity (Wildman–Crippen MR) is 141 cm³/mol. The van der Waals surface area contributed by atoms with E-state index < -0.39 is 0 Å². The van der Waals surface area contributed by atoms with Crippen molar-refractivity contribution >= 4 is 40.6 Å². The molecule has 3 aromatic rings. The highest BCUT2D eigenvalue weighted by atomic mass is 17.2. The molecule has 8 nitrogen and oxygen atoms in total. The van der Waals surface area contributed by atoms with Crippen molar-refractivity contribution < 1.29 is 24.2 Å². The Hall–Kier alpha value is -4.01. The summed E-state index contributed by atoms with van der Waals surface area (Å²) in [6.45, 7) is 2.73. The Morgan fingerprint density at radius 3 is 2.73 bits per heavy atom. The van der Waals surface area contributed by atoms with Gasteiger partial charge in [0.1, 0.15) is 0 Å². The van der Waals surface area contributed by atoms with Crippen LogP contribution < -0.4 is 10.6 Å². The third-order valence-corrected chi connectivity index (χ3v) is 6.56. The smallest absolute Gasteiger partial charge is 0.256 e. The van der Waals surface area contributed by atoms with Gasteiger partial charge < -0.3 is 15.6 Å². The van der Waals surface area contributed by atoms with Crippen LogP contribution in [0.3, 0.4) is 0 Å². The summed E-state index contributed by atoms with van der Waals surface area (Å²) in [6, 6.07) is 14.3. The van der Waals surface area contributed by atoms with Gasteiger partial charge in [0, 0.05) is 45.9 Å². The van der Waals surface area contributed by atoms with Gasteiger partial charge in [-0.15, -0.1) is 0 Å². The lowest BCUT2D eigenvalue weighted by Crippen LogP contribution is -2.11. The molecule has 8 heteroatoms. The van der Waals surface area contributed by atoms with Crippen LogP contribution in [0, 0.1) is 0 Å². The average molecular weight is 500 g/mol. The Morgan fingerprint density at radius 2 is 1.92 bits per heavy atom. The Labute approximate surface area is 215 Å². The van der Waals surface area contributed by atoms with E-state index in [1.165, 1.54) is 0 Å². The molecule has 2 aliphatic rings. The maximum absolute atomic E-state index is 13.0. The molecule has 2 aromatic carbocycles. The lowest BCUT2D eigenvalue weighted by molar-refractivity contribution is -0.291. The molecule has 3 N–H and O–H groups in total. The standard InChI is InChI=1S/C29H29N3O5/c1-2-36-37-15-7-10-20-25(31-24-11-6-12-26(33)27(20)24)17-22-21-16-19(13-14-23(21)32-29(22)35)30-28(34)18-8-4-3-5-9-18/h3-5,8-9,13-14,16-17,31H,2,6-7,10-12,15H2,1H3,(H,30,34)(H,32,35)/b22-17-. The van der Waals surface area contributed by atoms with E-state index >= 15 is 0 Å². The zero-order chi connectivity index (χ0) is 25.8. The quantitative estimate of drug-likeness (QED) is 0.163. The Morgan fingerprint density at radius 1 is 1.08 bits per heavy atom. The number of anilines is 2. The summed E-state index contributed by atoms with van der Waals surface area (Å²) >= 11 is 0. The van der Waals surface area contributed by atoms with Gasteiger partial charge in [0.15, 0.2) is 5.78 Å². The number of hydrogen-bond acceptors (Lipinski definition) is 5. The molecule has 1 aliphatic heterocycles. The van der Waals surface area contributed by atoms with Gasteiger partial charge in [0.05, 0.1) is 18.8 Å². The Bertz CT molecular complexity index is 1370. The number of ketones is 1. The second-order valence-electron chi connectivity index (χ2n) is 9.07. The fourth-order valence-corrected chi connectivity index (χ4v) is 4.87. The molecule has 1 aromatic heterocycles. The van der Waals surface area contributed by atoms with Gasteiger partial charge in [-0.2, -0.15) is 0 Å². The van der Waals surface area contributed by atoms with Crippen LogP contribution in [0.4, 0.5) is 11.4 Å². The van der Waals surface area contributed by atoms with E-state index in [2.05, 4.69) is 15.6 Å². The van der Waals surface area contributed by atoms with E-state index in [0.29, 0.717) is 60.6 Å². The Kier molecular flexibility index (Phi) is 7.30. The fourth-order valence-electron chi connectivity index (χ4n) is 4.87. The minimum Gasteiger partial charge on any atom is -0.358 e.